The number of aryl methyl sites for hydroxylation is 1. The van der Waals surface area contributed by atoms with E-state index in [0.717, 1.165) is 5.69 Å². The molecule has 1 saturated heterocycles. The number of hydrogen-bond acceptors (Lipinski definition) is 4. The molecule has 0 aromatic carbocycles. The lowest BCUT2D eigenvalue weighted by atomic mass is 9.90. The molecule has 2 rings (SSSR count). The lowest BCUT2D eigenvalue weighted by Crippen LogP contribution is -2.41. The zero-order valence-electron chi connectivity index (χ0n) is 11.0. The molecule has 0 bridgehead atoms. The Morgan fingerprint density at radius 3 is 2.29 bits per heavy atom. The summed E-state index contributed by atoms with van der Waals surface area (Å²) in [4.78, 5) is 0. The largest absolute Gasteiger partial charge is 0.487 e. The van der Waals surface area contributed by atoms with Gasteiger partial charge in [-0.1, -0.05) is 11.2 Å². The van der Waals surface area contributed by atoms with E-state index >= 15 is 0 Å². The van der Waals surface area contributed by atoms with Crippen molar-refractivity contribution >= 4 is 13.2 Å². The van der Waals surface area contributed by atoms with Gasteiger partial charge in [0.2, 0.25) is 0 Å². The van der Waals surface area contributed by atoms with Crippen LogP contribution in [0.4, 0.5) is 0 Å². The maximum absolute atomic E-state index is 5.83. The van der Waals surface area contributed by atoms with Crippen LogP contribution in [-0.2, 0) is 16.4 Å². The number of nitrogens with zero attached hydrogens (tertiary/aromatic N) is 3. The Morgan fingerprint density at radius 2 is 1.82 bits per heavy atom. The Labute approximate surface area is 102 Å². The van der Waals surface area contributed by atoms with Gasteiger partial charge in [0.15, 0.2) is 0 Å². The molecule has 0 N–H and O–H groups in total. The number of hydrogen-bond donors (Lipinski definition) is 0. The first-order chi connectivity index (χ1) is 7.80. The van der Waals surface area contributed by atoms with Crippen molar-refractivity contribution in [3.05, 3.63) is 17.9 Å². The summed E-state index contributed by atoms with van der Waals surface area (Å²) in [6.07, 6.45) is 3.69. The second kappa shape index (κ2) is 3.96. The fourth-order valence-electron chi connectivity index (χ4n) is 1.59. The van der Waals surface area contributed by atoms with Gasteiger partial charge in [0, 0.05) is 7.05 Å². The van der Waals surface area contributed by atoms with Crippen molar-refractivity contribution in [1.82, 2.24) is 15.0 Å². The van der Waals surface area contributed by atoms with E-state index in [1.165, 1.54) is 0 Å². The van der Waals surface area contributed by atoms with Gasteiger partial charge in [0.1, 0.15) is 5.69 Å². The molecule has 92 valence electrons. The van der Waals surface area contributed by atoms with Crippen LogP contribution in [0.25, 0.3) is 6.08 Å². The molecule has 6 heteroatoms. The molecule has 17 heavy (non-hydrogen) atoms. The monoisotopic (exact) mass is 235 g/mol. The smallest absolute Gasteiger partial charge is 0.400 e. The third kappa shape index (κ3) is 2.42. The Hall–Kier alpha value is -1.14. The molecule has 0 aliphatic carbocycles. The van der Waals surface area contributed by atoms with Crippen molar-refractivity contribution in [3.63, 3.8) is 0 Å². The highest BCUT2D eigenvalue weighted by molar-refractivity contribution is 6.52. The summed E-state index contributed by atoms with van der Waals surface area (Å²) in [6, 6.07) is 0. The third-order valence-electron chi connectivity index (χ3n) is 3.32. The van der Waals surface area contributed by atoms with Gasteiger partial charge in [-0.3, -0.25) is 4.68 Å². The van der Waals surface area contributed by atoms with Crippen molar-refractivity contribution in [2.24, 2.45) is 7.05 Å². The SMILES string of the molecule is Cn1cc(/C=C/B2OC(C)(C)C(C)(C)O2)nn1. The Balaban J connectivity index is 2.05. The molecule has 1 aromatic heterocycles. The highest BCUT2D eigenvalue weighted by Gasteiger charge is 2.49. The molecule has 1 aliphatic heterocycles. The van der Waals surface area contributed by atoms with Gasteiger partial charge < -0.3 is 9.31 Å². The van der Waals surface area contributed by atoms with Crippen molar-refractivity contribution in [2.45, 2.75) is 38.9 Å². The minimum Gasteiger partial charge on any atom is -0.400 e. The molecule has 2 heterocycles. The maximum Gasteiger partial charge on any atom is 0.487 e. The van der Waals surface area contributed by atoms with Crippen LogP contribution in [0.5, 0.6) is 0 Å². The standard InChI is InChI=1S/C11H18BN3O2/c1-10(2)11(3,4)17-12(16-10)7-6-9-8-15(5)14-13-9/h6-8H,1-5H3/b7-6+. The predicted octanol–water partition coefficient (Wildman–Crippen LogP) is 1.46. The lowest BCUT2D eigenvalue weighted by molar-refractivity contribution is 0.00578. The first-order valence-corrected chi connectivity index (χ1v) is 5.70. The van der Waals surface area contributed by atoms with Gasteiger partial charge in [-0.25, -0.2) is 0 Å². The maximum atomic E-state index is 5.83. The van der Waals surface area contributed by atoms with E-state index in [1.54, 1.807) is 4.68 Å². The molecular formula is C11H18BN3O2. The van der Waals surface area contributed by atoms with Crippen molar-refractivity contribution in [2.75, 3.05) is 0 Å². The summed E-state index contributed by atoms with van der Waals surface area (Å²) in [6.45, 7) is 8.12. The molecular weight excluding hydrogens is 217 g/mol. The summed E-state index contributed by atoms with van der Waals surface area (Å²) < 4.78 is 13.3. The van der Waals surface area contributed by atoms with Crippen LogP contribution >= 0.6 is 0 Å². The minimum absolute atomic E-state index is 0.301. The molecule has 1 aromatic rings. The predicted molar refractivity (Wildman–Crippen MR) is 66.1 cm³/mol. The summed E-state index contributed by atoms with van der Waals surface area (Å²) >= 11 is 0. The first kappa shape index (κ1) is 12.3. The molecule has 5 nitrogen and oxygen atoms in total. The molecule has 0 spiro atoms. The van der Waals surface area contributed by atoms with E-state index in [9.17, 15) is 0 Å². The van der Waals surface area contributed by atoms with E-state index in [-0.39, 0.29) is 18.3 Å². The van der Waals surface area contributed by atoms with Crippen molar-refractivity contribution < 1.29 is 9.31 Å². The normalized spacial score (nSPS) is 22.5. The lowest BCUT2D eigenvalue weighted by Gasteiger charge is -2.32. The van der Waals surface area contributed by atoms with Crippen LogP contribution in [0.3, 0.4) is 0 Å². The second-order valence-corrected chi connectivity index (χ2v) is 5.30. The van der Waals surface area contributed by atoms with Crippen molar-refractivity contribution in [3.8, 4) is 0 Å². The number of rotatable bonds is 2. The number of aromatic nitrogens is 3. The van der Waals surface area contributed by atoms with Gasteiger partial charge in [-0.15, -0.1) is 5.10 Å². The van der Waals surface area contributed by atoms with Crippen molar-refractivity contribution in [1.29, 1.82) is 0 Å². The zero-order chi connectivity index (χ0) is 12.7. The van der Waals surface area contributed by atoms with Gasteiger partial charge in [0.05, 0.1) is 17.4 Å². The van der Waals surface area contributed by atoms with E-state index in [0.29, 0.717) is 0 Å². The molecule has 0 amide bonds. The molecule has 0 atom stereocenters. The summed E-state index contributed by atoms with van der Waals surface area (Å²) in [5.41, 5.74) is 0.191. The minimum atomic E-state index is -0.331. The molecule has 0 saturated carbocycles. The zero-order valence-corrected chi connectivity index (χ0v) is 11.0. The third-order valence-corrected chi connectivity index (χ3v) is 3.32. The highest BCUT2D eigenvalue weighted by Crippen LogP contribution is 2.36. The Bertz CT molecular complexity index is 424. The van der Waals surface area contributed by atoms with Crippen LogP contribution in [0.1, 0.15) is 33.4 Å². The van der Waals surface area contributed by atoms with E-state index in [2.05, 4.69) is 10.3 Å². The summed E-state index contributed by atoms with van der Waals surface area (Å²) in [5.74, 6) is 1.86. The first-order valence-electron chi connectivity index (χ1n) is 5.70. The Morgan fingerprint density at radius 1 is 1.24 bits per heavy atom. The topological polar surface area (TPSA) is 49.2 Å². The van der Waals surface area contributed by atoms with E-state index in [1.807, 2.05) is 53.0 Å². The van der Waals surface area contributed by atoms with Gasteiger partial charge >= 0.3 is 7.12 Å². The fraction of sp³-hybridized carbons (Fsp3) is 0.636. The van der Waals surface area contributed by atoms with Crippen LogP contribution in [0.15, 0.2) is 12.2 Å². The molecule has 0 radical (unpaired) electrons. The van der Waals surface area contributed by atoms with Gasteiger partial charge in [-0.05, 0) is 33.8 Å². The van der Waals surface area contributed by atoms with Gasteiger partial charge in [0.25, 0.3) is 0 Å². The average molecular weight is 235 g/mol. The van der Waals surface area contributed by atoms with Crippen LogP contribution in [0, 0.1) is 0 Å². The quantitative estimate of drug-likeness (QED) is 0.728. The van der Waals surface area contributed by atoms with E-state index < -0.39 is 0 Å². The summed E-state index contributed by atoms with van der Waals surface area (Å²) in [5, 5.41) is 7.82. The van der Waals surface area contributed by atoms with Crippen LogP contribution in [-0.4, -0.2) is 33.3 Å². The second-order valence-electron chi connectivity index (χ2n) is 5.30. The Kier molecular flexibility index (Phi) is 2.87. The van der Waals surface area contributed by atoms with Crippen LogP contribution < -0.4 is 0 Å². The van der Waals surface area contributed by atoms with E-state index in [4.69, 9.17) is 9.31 Å². The van der Waals surface area contributed by atoms with Crippen LogP contribution in [0.2, 0.25) is 0 Å². The van der Waals surface area contributed by atoms with Gasteiger partial charge in [-0.2, -0.15) is 0 Å². The molecule has 0 unspecified atom stereocenters. The average Bonchev–Trinajstić information content (AvgIpc) is 2.67. The fourth-order valence-corrected chi connectivity index (χ4v) is 1.59. The molecule has 1 aliphatic rings. The molecule has 1 fully saturated rings. The summed E-state index contributed by atoms with van der Waals surface area (Å²) in [7, 11) is 1.50. The highest BCUT2D eigenvalue weighted by atomic mass is 16.7.